The highest BCUT2D eigenvalue weighted by Crippen LogP contribution is 2.23. The van der Waals surface area contributed by atoms with E-state index in [4.69, 9.17) is 9.47 Å². The summed E-state index contributed by atoms with van der Waals surface area (Å²) >= 11 is 0. The summed E-state index contributed by atoms with van der Waals surface area (Å²) in [5.74, 6) is 1.39. The summed E-state index contributed by atoms with van der Waals surface area (Å²) in [5, 5.41) is 8.66. The molecule has 0 aliphatic rings. The molecule has 0 fully saturated rings. The third-order valence-corrected chi connectivity index (χ3v) is 5.40. The number of benzene rings is 2. The van der Waals surface area contributed by atoms with Gasteiger partial charge in [0, 0.05) is 29.5 Å². The molecule has 0 atom stereocenters. The van der Waals surface area contributed by atoms with Gasteiger partial charge in [-0.05, 0) is 71.1 Å². The van der Waals surface area contributed by atoms with Gasteiger partial charge in [-0.2, -0.15) is 5.10 Å². The number of aromatic nitrogens is 4. The van der Waals surface area contributed by atoms with Crippen molar-refractivity contribution in [3.05, 3.63) is 107 Å². The Bertz CT molecular complexity index is 1450. The Kier molecular flexibility index (Phi) is 6.21. The van der Waals surface area contributed by atoms with Crippen molar-refractivity contribution < 1.29 is 9.47 Å². The molecule has 6 nitrogen and oxygen atoms in total. The van der Waals surface area contributed by atoms with Gasteiger partial charge in [0.25, 0.3) is 0 Å². The molecule has 0 aliphatic carbocycles. The summed E-state index contributed by atoms with van der Waals surface area (Å²) in [6.45, 7) is 0.426. The quantitative estimate of drug-likeness (QED) is 0.296. The average molecular weight is 449 g/mol. The SMILES string of the molecule is COc1ccc(COc2ccccn2)cc1/C=C/c1cc(/C=C/c2ccc3cc[nH]c3c2)n[nH]1. The van der Waals surface area contributed by atoms with Crippen molar-refractivity contribution in [2.75, 3.05) is 7.11 Å². The Balaban J connectivity index is 1.27. The molecule has 0 spiro atoms. The number of ether oxygens (including phenoxy) is 2. The first kappa shape index (κ1) is 21.3. The second-order valence-corrected chi connectivity index (χ2v) is 7.77. The summed E-state index contributed by atoms with van der Waals surface area (Å²) in [4.78, 5) is 7.43. The standard InChI is InChI=1S/C28H24N4O2/c1-33-27-12-7-21(19-34-28-4-2-3-14-30-28)16-23(27)9-11-25-18-24(31-32-25)10-6-20-5-8-22-13-15-29-26(22)17-20/h2-18,29H,19H2,1H3,(H,31,32)/b10-6+,11-9+. The van der Waals surface area contributed by atoms with E-state index in [1.807, 2.05) is 66.9 Å². The van der Waals surface area contributed by atoms with E-state index < -0.39 is 0 Å². The van der Waals surface area contributed by atoms with Crippen molar-refractivity contribution in [3.8, 4) is 11.6 Å². The molecule has 34 heavy (non-hydrogen) atoms. The van der Waals surface area contributed by atoms with Gasteiger partial charge in [-0.3, -0.25) is 5.10 Å². The van der Waals surface area contributed by atoms with E-state index in [-0.39, 0.29) is 0 Å². The first-order chi connectivity index (χ1) is 16.8. The van der Waals surface area contributed by atoms with Crippen LogP contribution in [0.25, 0.3) is 35.2 Å². The lowest BCUT2D eigenvalue weighted by Gasteiger charge is -2.09. The molecule has 0 bridgehead atoms. The number of H-pyrrole nitrogens is 2. The van der Waals surface area contributed by atoms with E-state index in [2.05, 4.69) is 50.5 Å². The largest absolute Gasteiger partial charge is 0.496 e. The molecular weight excluding hydrogens is 424 g/mol. The van der Waals surface area contributed by atoms with E-state index >= 15 is 0 Å². The van der Waals surface area contributed by atoms with Gasteiger partial charge in [-0.25, -0.2) is 4.98 Å². The van der Waals surface area contributed by atoms with Gasteiger partial charge in [0.05, 0.1) is 18.5 Å². The predicted octanol–water partition coefficient (Wildman–Crippen LogP) is 6.21. The molecule has 168 valence electrons. The smallest absolute Gasteiger partial charge is 0.213 e. The molecule has 0 saturated carbocycles. The van der Waals surface area contributed by atoms with E-state index in [0.29, 0.717) is 12.5 Å². The zero-order valence-corrected chi connectivity index (χ0v) is 18.7. The molecule has 0 unspecified atom stereocenters. The van der Waals surface area contributed by atoms with Crippen LogP contribution in [0, 0.1) is 0 Å². The second-order valence-electron chi connectivity index (χ2n) is 7.77. The molecule has 5 aromatic rings. The number of hydrogen-bond donors (Lipinski definition) is 2. The molecule has 0 aliphatic heterocycles. The minimum atomic E-state index is 0.426. The molecule has 2 aromatic carbocycles. The van der Waals surface area contributed by atoms with E-state index in [0.717, 1.165) is 39.3 Å². The number of rotatable bonds is 8. The second kappa shape index (κ2) is 9.92. The Hall–Kier alpha value is -4.58. The van der Waals surface area contributed by atoms with Gasteiger partial charge in [-0.1, -0.05) is 30.3 Å². The molecule has 0 saturated heterocycles. The molecule has 0 radical (unpaired) electrons. The molecule has 3 aromatic heterocycles. The highest BCUT2D eigenvalue weighted by Gasteiger charge is 2.04. The summed E-state index contributed by atoms with van der Waals surface area (Å²) in [6.07, 6.45) is 11.7. The van der Waals surface area contributed by atoms with Crippen LogP contribution >= 0.6 is 0 Å². The van der Waals surface area contributed by atoms with Gasteiger partial charge in [-0.15, -0.1) is 0 Å². The predicted molar refractivity (Wildman–Crippen MR) is 136 cm³/mol. The fraction of sp³-hybridized carbons (Fsp3) is 0.0714. The molecule has 6 heteroatoms. The third kappa shape index (κ3) is 5.07. The zero-order chi connectivity index (χ0) is 23.2. The Morgan fingerprint density at radius 1 is 0.912 bits per heavy atom. The average Bonchev–Trinajstić information content (AvgIpc) is 3.54. The maximum atomic E-state index is 5.77. The van der Waals surface area contributed by atoms with Crippen LogP contribution < -0.4 is 9.47 Å². The lowest BCUT2D eigenvalue weighted by atomic mass is 10.1. The lowest BCUT2D eigenvalue weighted by molar-refractivity contribution is 0.293. The maximum absolute atomic E-state index is 5.77. The number of fused-ring (bicyclic) bond motifs is 1. The Labute approximate surface area is 197 Å². The fourth-order valence-electron chi connectivity index (χ4n) is 3.65. The lowest BCUT2D eigenvalue weighted by Crippen LogP contribution is -1.98. The molecule has 0 amide bonds. The molecular formula is C28H24N4O2. The fourth-order valence-corrected chi connectivity index (χ4v) is 3.65. The Morgan fingerprint density at radius 2 is 1.88 bits per heavy atom. The van der Waals surface area contributed by atoms with Crippen LogP contribution in [-0.4, -0.2) is 27.3 Å². The molecule has 2 N–H and O–H groups in total. The highest BCUT2D eigenvalue weighted by molar-refractivity contribution is 5.83. The van der Waals surface area contributed by atoms with E-state index in [1.54, 1.807) is 13.3 Å². The minimum Gasteiger partial charge on any atom is -0.496 e. The summed E-state index contributed by atoms with van der Waals surface area (Å²) in [5.41, 5.74) is 5.97. The number of nitrogens with zero attached hydrogens (tertiary/aromatic N) is 2. The zero-order valence-electron chi connectivity index (χ0n) is 18.7. The van der Waals surface area contributed by atoms with E-state index in [1.165, 1.54) is 5.39 Å². The third-order valence-electron chi connectivity index (χ3n) is 5.40. The van der Waals surface area contributed by atoms with Gasteiger partial charge in [0.2, 0.25) is 5.88 Å². The summed E-state index contributed by atoms with van der Waals surface area (Å²) in [6, 6.07) is 22.0. The minimum absolute atomic E-state index is 0.426. The monoisotopic (exact) mass is 448 g/mol. The van der Waals surface area contributed by atoms with Crippen LogP contribution in [0.1, 0.15) is 28.1 Å². The van der Waals surface area contributed by atoms with Crippen LogP contribution in [0.15, 0.2) is 79.1 Å². The molecule has 5 rings (SSSR count). The van der Waals surface area contributed by atoms with Gasteiger partial charge >= 0.3 is 0 Å². The van der Waals surface area contributed by atoms with Crippen molar-refractivity contribution >= 4 is 35.2 Å². The number of nitrogens with one attached hydrogen (secondary N) is 2. The number of pyridine rings is 1. The van der Waals surface area contributed by atoms with Crippen LogP contribution in [-0.2, 0) is 6.61 Å². The van der Waals surface area contributed by atoms with Crippen molar-refractivity contribution in [2.24, 2.45) is 0 Å². The van der Waals surface area contributed by atoms with Crippen molar-refractivity contribution in [1.29, 1.82) is 0 Å². The molecule has 3 heterocycles. The van der Waals surface area contributed by atoms with Crippen LogP contribution in [0.5, 0.6) is 11.6 Å². The number of aromatic amines is 2. The first-order valence-electron chi connectivity index (χ1n) is 11.0. The Morgan fingerprint density at radius 3 is 2.76 bits per heavy atom. The number of methoxy groups -OCH3 is 1. The summed E-state index contributed by atoms with van der Waals surface area (Å²) < 4.78 is 11.3. The van der Waals surface area contributed by atoms with Crippen LogP contribution in [0.3, 0.4) is 0 Å². The summed E-state index contributed by atoms with van der Waals surface area (Å²) in [7, 11) is 1.67. The van der Waals surface area contributed by atoms with Crippen molar-refractivity contribution in [3.63, 3.8) is 0 Å². The first-order valence-corrected chi connectivity index (χ1v) is 11.0. The van der Waals surface area contributed by atoms with E-state index in [9.17, 15) is 0 Å². The van der Waals surface area contributed by atoms with Crippen molar-refractivity contribution in [2.45, 2.75) is 6.61 Å². The van der Waals surface area contributed by atoms with Gasteiger partial charge in [0.1, 0.15) is 12.4 Å². The van der Waals surface area contributed by atoms with Crippen LogP contribution in [0.4, 0.5) is 0 Å². The topological polar surface area (TPSA) is 75.8 Å². The number of hydrogen-bond acceptors (Lipinski definition) is 4. The normalized spacial score (nSPS) is 11.6. The van der Waals surface area contributed by atoms with Crippen molar-refractivity contribution in [1.82, 2.24) is 20.2 Å². The highest BCUT2D eigenvalue weighted by atomic mass is 16.5. The van der Waals surface area contributed by atoms with Crippen LogP contribution in [0.2, 0.25) is 0 Å². The van der Waals surface area contributed by atoms with Gasteiger partial charge < -0.3 is 14.5 Å². The van der Waals surface area contributed by atoms with Gasteiger partial charge in [0.15, 0.2) is 0 Å². The maximum Gasteiger partial charge on any atom is 0.213 e.